The number of hydrogen-bond donors (Lipinski definition) is 0. The molecule has 2 unspecified atom stereocenters. The summed E-state index contributed by atoms with van der Waals surface area (Å²) in [6, 6.07) is 14.8. The summed E-state index contributed by atoms with van der Waals surface area (Å²) in [6.45, 7) is 1.41. The predicted molar refractivity (Wildman–Crippen MR) is 114 cm³/mol. The Morgan fingerprint density at radius 2 is 1.97 bits per heavy atom. The SMILES string of the molecule is O=C(OCC(c1ccccc1Cl)n1ncnn1)N1CCC(Cc2ccc(Cl)cc2)C1. The van der Waals surface area contributed by atoms with Crippen molar-refractivity contribution in [3.63, 3.8) is 0 Å². The summed E-state index contributed by atoms with van der Waals surface area (Å²) in [5.41, 5.74) is 1.99. The second-order valence-electron chi connectivity index (χ2n) is 7.30. The Bertz CT molecular complexity index is 981. The summed E-state index contributed by atoms with van der Waals surface area (Å²) < 4.78 is 5.62. The van der Waals surface area contributed by atoms with Crippen LogP contribution in [0.1, 0.15) is 23.6 Å². The molecule has 1 saturated heterocycles. The number of benzene rings is 2. The van der Waals surface area contributed by atoms with E-state index in [1.807, 2.05) is 42.5 Å². The third-order valence-corrected chi connectivity index (χ3v) is 5.85. The molecule has 1 fully saturated rings. The van der Waals surface area contributed by atoms with Crippen molar-refractivity contribution >= 4 is 29.3 Å². The highest BCUT2D eigenvalue weighted by Crippen LogP contribution is 2.26. The molecule has 1 amide bonds. The van der Waals surface area contributed by atoms with Crippen molar-refractivity contribution in [1.82, 2.24) is 25.1 Å². The zero-order chi connectivity index (χ0) is 20.9. The van der Waals surface area contributed by atoms with Crippen molar-refractivity contribution < 1.29 is 9.53 Å². The normalized spacial score (nSPS) is 17.1. The predicted octanol–water partition coefficient (Wildman–Crippen LogP) is 4.27. The molecule has 7 nitrogen and oxygen atoms in total. The molecular formula is C21H21Cl2N5O2. The molecular weight excluding hydrogens is 425 g/mol. The molecule has 1 aromatic heterocycles. The molecule has 9 heteroatoms. The van der Waals surface area contributed by atoms with E-state index in [9.17, 15) is 4.79 Å². The fourth-order valence-corrected chi connectivity index (χ4v) is 4.09. The summed E-state index contributed by atoms with van der Waals surface area (Å²) >= 11 is 12.3. The van der Waals surface area contributed by atoms with Gasteiger partial charge in [-0.3, -0.25) is 0 Å². The van der Waals surface area contributed by atoms with E-state index in [0.717, 1.165) is 23.4 Å². The summed E-state index contributed by atoms with van der Waals surface area (Å²) in [5.74, 6) is 0.398. The standard InChI is InChI=1S/C21H21Cl2N5O2/c22-17-7-5-15(6-8-17)11-16-9-10-27(12-16)21(29)30-13-20(28-25-14-24-26-28)18-3-1-2-4-19(18)23/h1-8,14,16,20H,9-13H2. The van der Waals surface area contributed by atoms with Gasteiger partial charge in [-0.1, -0.05) is 53.5 Å². The number of amides is 1. The van der Waals surface area contributed by atoms with Gasteiger partial charge in [0.05, 0.1) is 0 Å². The van der Waals surface area contributed by atoms with E-state index in [2.05, 4.69) is 15.4 Å². The monoisotopic (exact) mass is 445 g/mol. The van der Waals surface area contributed by atoms with E-state index in [1.54, 1.807) is 11.0 Å². The molecule has 0 spiro atoms. The first-order valence-electron chi connectivity index (χ1n) is 9.73. The van der Waals surface area contributed by atoms with Gasteiger partial charge in [0, 0.05) is 28.7 Å². The van der Waals surface area contributed by atoms with E-state index in [0.29, 0.717) is 24.0 Å². The van der Waals surface area contributed by atoms with Crippen molar-refractivity contribution in [2.75, 3.05) is 19.7 Å². The Labute approximate surface area is 184 Å². The van der Waals surface area contributed by atoms with Crippen molar-refractivity contribution in [1.29, 1.82) is 0 Å². The van der Waals surface area contributed by atoms with E-state index in [-0.39, 0.29) is 12.7 Å². The highest BCUT2D eigenvalue weighted by molar-refractivity contribution is 6.31. The van der Waals surface area contributed by atoms with Crippen molar-refractivity contribution in [3.05, 3.63) is 76.0 Å². The Morgan fingerprint density at radius 3 is 2.70 bits per heavy atom. The van der Waals surface area contributed by atoms with Gasteiger partial charge in [-0.05, 0) is 47.7 Å². The van der Waals surface area contributed by atoms with E-state index in [4.69, 9.17) is 27.9 Å². The van der Waals surface area contributed by atoms with Crippen LogP contribution in [0.25, 0.3) is 0 Å². The number of carbonyl (C=O) groups excluding carboxylic acids is 1. The van der Waals surface area contributed by atoms with Crippen LogP contribution >= 0.6 is 23.2 Å². The molecule has 0 bridgehead atoms. The minimum atomic E-state index is -0.447. The highest BCUT2D eigenvalue weighted by Gasteiger charge is 2.29. The van der Waals surface area contributed by atoms with Crippen LogP contribution in [0.3, 0.4) is 0 Å². The number of tetrazole rings is 1. The van der Waals surface area contributed by atoms with Crippen molar-refractivity contribution in [3.8, 4) is 0 Å². The third kappa shape index (κ3) is 4.91. The first-order valence-corrected chi connectivity index (χ1v) is 10.5. The van der Waals surface area contributed by atoms with E-state index >= 15 is 0 Å². The van der Waals surface area contributed by atoms with Crippen LogP contribution in [-0.4, -0.2) is 50.9 Å². The number of aromatic nitrogens is 4. The summed E-state index contributed by atoms with van der Waals surface area (Å²) in [4.78, 5) is 15.8. The van der Waals surface area contributed by atoms with Crippen molar-refractivity contribution in [2.45, 2.75) is 18.9 Å². The molecule has 2 aromatic carbocycles. The summed E-state index contributed by atoms with van der Waals surface area (Å²) in [7, 11) is 0. The zero-order valence-electron chi connectivity index (χ0n) is 16.2. The summed E-state index contributed by atoms with van der Waals surface area (Å²) in [6.07, 6.45) is 2.85. The van der Waals surface area contributed by atoms with Crippen LogP contribution in [0.2, 0.25) is 10.0 Å². The number of carbonyl (C=O) groups is 1. The molecule has 2 atom stereocenters. The van der Waals surface area contributed by atoms with Gasteiger partial charge in [0.2, 0.25) is 0 Å². The Balaban J connectivity index is 1.36. The molecule has 0 N–H and O–H groups in total. The largest absolute Gasteiger partial charge is 0.447 e. The lowest BCUT2D eigenvalue weighted by molar-refractivity contribution is 0.0962. The van der Waals surface area contributed by atoms with Crippen LogP contribution < -0.4 is 0 Å². The van der Waals surface area contributed by atoms with Gasteiger partial charge in [-0.2, -0.15) is 4.80 Å². The van der Waals surface area contributed by atoms with Gasteiger partial charge in [0.25, 0.3) is 0 Å². The molecule has 0 radical (unpaired) electrons. The molecule has 3 aromatic rings. The maximum atomic E-state index is 12.7. The number of nitrogens with zero attached hydrogens (tertiary/aromatic N) is 5. The molecule has 1 aliphatic heterocycles. The first kappa shape index (κ1) is 20.6. The fraction of sp³-hybridized carbons (Fsp3) is 0.333. The Kier molecular flexibility index (Phi) is 6.50. The lowest BCUT2D eigenvalue weighted by atomic mass is 9.99. The molecule has 0 aliphatic carbocycles. The van der Waals surface area contributed by atoms with E-state index < -0.39 is 6.04 Å². The molecule has 156 valence electrons. The van der Waals surface area contributed by atoms with Gasteiger partial charge < -0.3 is 9.64 Å². The highest BCUT2D eigenvalue weighted by atomic mass is 35.5. The smallest absolute Gasteiger partial charge is 0.409 e. The number of ether oxygens (including phenoxy) is 1. The minimum Gasteiger partial charge on any atom is -0.447 e. The average molecular weight is 446 g/mol. The topological polar surface area (TPSA) is 73.1 Å². The van der Waals surface area contributed by atoms with Gasteiger partial charge in [0.1, 0.15) is 12.6 Å². The second-order valence-corrected chi connectivity index (χ2v) is 8.15. The molecule has 1 aliphatic rings. The third-order valence-electron chi connectivity index (χ3n) is 5.25. The average Bonchev–Trinajstić information content (AvgIpc) is 3.43. The maximum Gasteiger partial charge on any atom is 0.409 e. The van der Waals surface area contributed by atoms with Crippen LogP contribution in [0, 0.1) is 5.92 Å². The number of rotatable bonds is 6. The maximum absolute atomic E-state index is 12.7. The number of halogens is 2. The van der Waals surface area contributed by atoms with Crippen LogP contribution in [0.4, 0.5) is 4.79 Å². The van der Waals surface area contributed by atoms with Crippen molar-refractivity contribution in [2.24, 2.45) is 5.92 Å². The fourth-order valence-electron chi connectivity index (χ4n) is 3.70. The molecule has 30 heavy (non-hydrogen) atoms. The summed E-state index contributed by atoms with van der Waals surface area (Å²) in [5, 5.41) is 13.1. The number of hydrogen-bond acceptors (Lipinski definition) is 5. The minimum absolute atomic E-state index is 0.0667. The Hall–Kier alpha value is -2.64. The van der Waals surface area contributed by atoms with Crippen LogP contribution in [0.15, 0.2) is 54.9 Å². The van der Waals surface area contributed by atoms with Crippen LogP contribution in [0.5, 0.6) is 0 Å². The second kappa shape index (κ2) is 9.45. The lowest BCUT2D eigenvalue weighted by Crippen LogP contribution is -2.32. The molecule has 0 saturated carbocycles. The van der Waals surface area contributed by atoms with Gasteiger partial charge in [0.15, 0.2) is 6.33 Å². The lowest BCUT2D eigenvalue weighted by Gasteiger charge is -2.21. The van der Waals surface area contributed by atoms with Gasteiger partial charge in [-0.15, -0.1) is 10.2 Å². The molecule has 4 rings (SSSR count). The first-order chi connectivity index (χ1) is 14.6. The zero-order valence-corrected chi connectivity index (χ0v) is 17.7. The van der Waals surface area contributed by atoms with Crippen LogP contribution in [-0.2, 0) is 11.2 Å². The Morgan fingerprint density at radius 1 is 1.17 bits per heavy atom. The molecule has 2 heterocycles. The van der Waals surface area contributed by atoms with Gasteiger partial charge in [-0.25, -0.2) is 4.79 Å². The van der Waals surface area contributed by atoms with E-state index in [1.165, 1.54) is 16.7 Å². The van der Waals surface area contributed by atoms with Gasteiger partial charge >= 0.3 is 6.09 Å². The number of likely N-dealkylation sites (tertiary alicyclic amines) is 1. The quantitative estimate of drug-likeness (QED) is 0.566.